The molecule has 0 atom stereocenters. The van der Waals surface area contributed by atoms with Crippen LogP contribution in [0.1, 0.15) is 11.1 Å². The summed E-state index contributed by atoms with van der Waals surface area (Å²) in [5.41, 5.74) is 7.79. The Balaban J connectivity index is 2.82. The highest BCUT2D eigenvalue weighted by Crippen LogP contribution is 2.21. The first-order chi connectivity index (χ1) is 7.71. The second-order valence-corrected chi connectivity index (χ2v) is 3.81. The summed E-state index contributed by atoms with van der Waals surface area (Å²) in [6.07, 6.45) is 0. The summed E-state index contributed by atoms with van der Waals surface area (Å²) in [6.45, 7) is 2.09. The van der Waals surface area contributed by atoms with Crippen molar-refractivity contribution in [3.8, 4) is 5.75 Å². The summed E-state index contributed by atoms with van der Waals surface area (Å²) in [7, 11) is 3.62. The van der Waals surface area contributed by atoms with Crippen molar-refractivity contribution < 1.29 is 9.84 Å². The van der Waals surface area contributed by atoms with Gasteiger partial charge >= 0.3 is 0 Å². The molecule has 0 spiro atoms. The summed E-state index contributed by atoms with van der Waals surface area (Å²) in [4.78, 5) is 2.04. The standard InChI is InChI=1S/C12H20N2O2/c1-14(5-6-15)9-11-7-10(8-13)3-4-12(11)16-2/h3-4,7,15H,5-6,8-9,13H2,1-2H3. The largest absolute Gasteiger partial charge is 0.496 e. The zero-order valence-electron chi connectivity index (χ0n) is 9.94. The molecule has 0 amide bonds. The zero-order chi connectivity index (χ0) is 12.0. The van der Waals surface area contributed by atoms with Crippen molar-refractivity contribution in [2.24, 2.45) is 5.73 Å². The molecular weight excluding hydrogens is 204 g/mol. The molecule has 0 saturated heterocycles. The van der Waals surface area contributed by atoms with Crippen molar-refractivity contribution in [1.29, 1.82) is 0 Å². The maximum Gasteiger partial charge on any atom is 0.123 e. The Morgan fingerprint density at radius 1 is 1.44 bits per heavy atom. The molecule has 4 nitrogen and oxygen atoms in total. The first-order valence-corrected chi connectivity index (χ1v) is 5.36. The predicted octanol–water partition coefficient (Wildman–Crippen LogP) is 0.578. The molecular formula is C12H20N2O2. The van der Waals surface area contributed by atoms with E-state index in [1.807, 2.05) is 30.1 Å². The van der Waals surface area contributed by atoms with Gasteiger partial charge in [0.15, 0.2) is 0 Å². The molecule has 16 heavy (non-hydrogen) atoms. The molecule has 0 aromatic heterocycles. The first kappa shape index (κ1) is 13.0. The molecule has 0 aliphatic carbocycles. The Morgan fingerprint density at radius 3 is 2.75 bits per heavy atom. The SMILES string of the molecule is COc1ccc(CN)cc1CN(C)CCO. The predicted molar refractivity (Wildman–Crippen MR) is 64.3 cm³/mol. The maximum atomic E-state index is 8.85. The van der Waals surface area contributed by atoms with Gasteiger partial charge in [-0.1, -0.05) is 6.07 Å². The number of benzene rings is 1. The van der Waals surface area contributed by atoms with Crippen LogP contribution in [-0.4, -0.2) is 37.3 Å². The van der Waals surface area contributed by atoms with Crippen LogP contribution in [-0.2, 0) is 13.1 Å². The Labute approximate surface area is 96.6 Å². The fourth-order valence-electron chi connectivity index (χ4n) is 1.62. The molecule has 0 bridgehead atoms. The van der Waals surface area contributed by atoms with Crippen LogP contribution in [0.25, 0.3) is 0 Å². The fourth-order valence-corrected chi connectivity index (χ4v) is 1.62. The van der Waals surface area contributed by atoms with Crippen molar-refractivity contribution in [3.63, 3.8) is 0 Å². The molecule has 1 rings (SSSR count). The van der Waals surface area contributed by atoms with Crippen LogP contribution in [0.3, 0.4) is 0 Å². The number of nitrogens with zero attached hydrogens (tertiary/aromatic N) is 1. The van der Waals surface area contributed by atoms with Crippen LogP contribution in [0, 0.1) is 0 Å². The summed E-state index contributed by atoms with van der Waals surface area (Å²) >= 11 is 0. The van der Waals surface area contributed by atoms with Crippen LogP contribution >= 0.6 is 0 Å². The van der Waals surface area contributed by atoms with E-state index in [0.29, 0.717) is 13.1 Å². The Kier molecular flexibility index (Phi) is 5.25. The molecule has 0 aliphatic rings. The third-order valence-electron chi connectivity index (χ3n) is 2.50. The highest BCUT2D eigenvalue weighted by atomic mass is 16.5. The lowest BCUT2D eigenvalue weighted by Crippen LogP contribution is -2.22. The summed E-state index contributed by atoms with van der Waals surface area (Å²) in [5, 5.41) is 8.85. The minimum absolute atomic E-state index is 0.162. The number of nitrogens with two attached hydrogens (primary N) is 1. The number of hydrogen-bond donors (Lipinski definition) is 2. The third kappa shape index (κ3) is 3.48. The van der Waals surface area contributed by atoms with Crippen molar-refractivity contribution in [2.75, 3.05) is 27.3 Å². The number of ether oxygens (including phenoxy) is 1. The molecule has 0 aliphatic heterocycles. The topological polar surface area (TPSA) is 58.7 Å². The van der Waals surface area contributed by atoms with E-state index in [-0.39, 0.29) is 6.61 Å². The van der Waals surface area contributed by atoms with Crippen molar-refractivity contribution in [1.82, 2.24) is 4.90 Å². The van der Waals surface area contributed by atoms with Gasteiger partial charge in [-0.15, -0.1) is 0 Å². The second-order valence-electron chi connectivity index (χ2n) is 3.81. The van der Waals surface area contributed by atoms with Crippen molar-refractivity contribution >= 4 is 0 Å². The Hall–Kier alpha value is -1.10. The van der Waals surface area contributed by atoms with Gasteiger partial charge in [-0.05, 0) is 24.7 Å². The van der Waals surface area contributed by atoms with Crippen LogP contribution in [0.15, 0.2) is 18.2 Å². The van der Waals surface area contributed by atoms with E-state index < -0.39 is 0 Å². The van der Waals surface area contributed by atoms with E-state index in [1.165, 1.54) is 0 Å². The average Bonchev–Trinajstić information content (AvgIpc) is 2.29. The molecule has 1 aromatic carbocycles. The second kappa shape index (κ2) is 6.48. The average molecular weight is 224 g/mol. The lowest BCUT2D eigenvalue weighted by atomic mass is 10.1. The fraction of sp³-hybridized carbons (Fsp3) is 0.500. The summed E-state index contributed by atoms with van der Waals surface area (Å²) < 4.78 is 5.29. The van der Waals surface area contributed by atoms with E-state index in [1.54, 1.807) is 7.11 Å². The monoisotopic (exact) mass is 224 g/mol. The summed E-state index contributed by atoms with van der Waals surface area (Å²) in [6, 6.07) is 5.95. The van der Waals surface area contributed by atoms with E-state index in [4.69, 9.17) is 15.6 Å². The molecule has 0 unspecified atom stereocenters. The van der Waals surface area contributed by atoms with Crippen LogP contribution in [0.5, 0.6) is 5.75 Å². The van der Waals surface area contributed by atoms with Gasteiger partial charge in [0.05, 0.1) is 13.7 Å². The minimum Gasteiger partial charge on any atom is -0.496 e. The van der Waals surface area contributed by atoms with Gasteiger partial charge in [-0.25, -0.2) is 0 Å². The molecule has 0 saturated carbocycles. The smallest absolute Gasteiger partial charge is 0.123 e. The van der Waals surface area contributed by atoms with Crippen molar-refractivity contribution in [2.45, 2.75) is 13.1 Å². The number of hydrogen-bond acceptors (Lipinski definition) is 4. The third-order valence-corrected chi connectivity index (χ3v) is 2.50. The van der Waals surface area contributed by atoms with Gasteiger partial charge in [0.1, 0.15) is 5.75 Å². The van der Waals surface area contributed by atoms with E-state index in [0.717, 1.165) is 23.4 Å². The van der Waals surface area contributed by atoms with Crippen LogP contribution in [0.2, 0.25) is 0 Å². The van der Waals surface area contributed by atoms with E-state index in [2.05, 4.69) is 0 Å². The molecule has 4 heteroatoms. The Bertz CT molecular complexity index is 329. The van der Waals surface area contributed by atoms with Gasteiger partial charge in [-0.3, -0.25) is 4.90 Å². The lowest BCUT2D eigenvalue weighted by Gasteiger charge is -2.17. The van der Waals surface area contributed by atoms with Crippen LogP contribution < -0.4 is 10.5 Å². The molecule has 0 heterocycles. The first-order valence-electron chi connectivity index (χ1n) is 5.36. The Morgan fingerprint density at radius 2 is 2.19 bits per heavy atom. The molecule has 3 N–H and O–H groups in total. The molecule has 0 radical (unpaired) electrons. The highest BCUT2D eigenvalue weighted by Gasteiger charge is 2.06. The number of methoxy groups -OCH3 is 1. The maximum absolute atomic E-state index is 8.85. The van der Waals surface area contributed by atoms with Gasteiger partial charge < -0.3 is 15.6 Å². The minimum atomic E-state index is 0.162. The van der Waals surface area contributed by atoms with Gasteiger partial charge in [0.25, 0.3) is 0 Å². The number of aliphatic hydroxyl groups excluding tert-OH is 1. The van der Waals surface area contributed by atoms with Crippen LogP contribution in [0.4, 0.5) is 0 Å². The molecule has 1 aromatic rings. The number of likely N-dealkylation sites (N-methyl/N-ethyl adjacent to an activating group) is 1. The number of rotatable bonds is 6. The van der Waals surface area contributed by atoms with Gasteiger partial charge in [-0.2, -0.15) is 0 Å². The molecule has 0 fully saturated rings. The quantitative estimate of drug-likeness (QED) is 0.742. The molecule has 90 valence electrons. The van der Waals surface area contributed by atoms with Gasteiger partial charge in [0, 0.05) is 25.2 Å². The summed E-state index contributed by atoms with van der Waals surface area (Å²) in [5.74, 6) is 0.863. The lowest BCUT2D eigenvalue weighted by molar-refractivity contribution is 0.216. The normalized spacial score (nSPS) is 10.8. The van der Waals surface area contributed by atoms with Gasteiger partial charge in [0.2, 0.25) is 0 Å². The van der Waals surface area contributed by atoms with E-state index in [9.17, 15) is 0 Å². The highest BCUT2D eigenvalue weighted by molar-refractivity contribution is 5.37. The number of aliphatic hydroxyl groups is 1. The zero-order valence-corrected chi connectivity index (χ0v) is 9.94. The van der Waals surface area contributed by atoms with E-state index >= 15 is 0 Å². The van der Waals surface area contributed by atoms with Crippen molar-refractivity contribution in [3.05, 3.63) is 29.3 Å².